The van der Waals surface area contributed by atoms with Crippen LogP contribution in [0.15, 0.2) is 72.8 Å². The van der Waals surface area contributed by atoms with Gasteiger partial charge in [0.2, 0.25) is 0 Å². The van der Waals surface area contributed by atoms with Gasteiger partial charge < -0.3 is 10.2 Å². The number of piperazine rings is 1. The molecule has 1 aliphatic heterocycles. The maximum Gasteiger partial charge on any atom is 0.255 e. The third-order valence-corrected chi connectivity index (χ3v) is 6.05. The van der Waals surface area contributed by atoms with E-state index in [9.17, 15) is 9.18 Å². The lowest BCUT2D eigenvalue weighted by Crippen LogP contribution is -2.46. The Labute approximate surface area is 189 Å². The van der Waals surface area contributed by atoms with Crippen molar-refractivity contribution in [3.63, 3.8) is 0 Å². The standard InChI is InChI=1S/C27H30FN3O/c1-20(2)21-7-9-22(10-8-21)27(32)29-24-11-13-25(14-12-24)31-17-15-30(16-18-31)19-23-5-3-4-6-26(23)28/h3-14,20H,15-19H2,1-2H3,(H,29,32). The molecule has 1 aliphatic rings. The highest BCUT2D eigenvalue weighted by molar-refractivity contribution is 6.04. The molecule has 1 fully saturated rings. The van der Waals surface area contributed by atoms with Gasteiger partial charge in [0.15, 0.2) is 0 Å². The summed E-state index contributed by atoms with van der Waals surface area (Å²) in [5.41, 5.74) is 4.55. The first-order valence-corrected chi connectivity index (χ1v) is 11.2. The quantitative estimate of drug-likeness (QED) is 0.558. The molecule has 1 N–H and O–H groups in total. The minimum atomic E-state index is -0.136. The van der Waals surface area contributed by atoms with E-state index < -0.39 is 0 Å². The second-order valence-electron chi connectivity index (χ2n) is 8.63. The molecule has 0 radical (unpaired) electrons. The highest BCUT2D eigenvalue weighted by Gasteiger charge is 2.18. The van der Waals surface area contributed by atoms with Crippen molar-refractivity contribution in [2.45, 2.75) is 26.3 Å². The molecule has 4 rings (SSSR count). The zero-order valence-electron chi connectivity index (χ0n) is 18.7. The average Bonchev–Trinajstić information content (AvgIpc) is 2.82. The summed E-state index contributed by atoms with van der Waals surface area (Å²) in [7, 11) is 0. The number of nitrogens with one attached hydrogen (secondary N) is 1. The molecule has 1 amide bonds. The monoisotopic (exact) mass is 431 g/mol. The zero-order chi connectivity index (χ0) is 22.5. The molecule has 0 bridgehead atoms. The van der Waals surface area contributed by atoms with Crippen molar-refractivity contribution in [1.29, 1.82) is 0 Å². The second kappa shape index (κ2) is 9.96. The summed E-state index contributed by atoms with van der Waals surface area (Å²) < 4.78 is 13.9. The molecule has 0 aromatic heterocycles. The second-order valence-corrected chi connectivity index (χ2v) is 8.63. The van der Waals surface area contributed by atoms with Crippen LogP contribution >= 0.6 is 0 Å². The number of amides is 1. The van der Waals surface area contributed by atoms with Crippen molar-refractivity contribution < 1.29 is 9.18 Å². The molecule has 0 spiro atoms. The number of carbonyl (C=O) groups excluding carboxylic acids is 1. The minimum absolute atomic E-state index is 0.102. The van der Waals surface area contributed by atoms with Crippen molar-refractivity contribution in [2.75, 3.05) is 36.4 Å². The van der Waals surface area contributed by atoms with Crippen LogP contribution in [-0.4, -0.2) is 37.0 Å². The van der Waals surface area contributed by atoms with Crippen molar-refractivity contribution in [3.8, 4) is 0 Å². The maximum absolute atomic E-state index is 13.9. The van der Waals surface area contributed by atoms with E-state index in [1.54, 1.807) is 6.07 Å². The fourth-order valence-electron chi connectivity index (χ4n) is 4.01. The lowest BCUT2D eigenvalue weighted by molar-refractivity contribution is 0.102. The summed E-state index contributed by atoms with van der Waals surface area (Å²) in [5.74, 6) is 0.208. The fourth-order valence-corrected chi connectivity index (χ4v) is 4.01. The smallest absolute Gasteiger partial charge is 0.255 e. The van der Waals surface area contributed by atoms with Crippen molar-refractivity contribution in [2.24, 2.45) is 0 Å². The van der Waals surface area contributed by atoms with Gasteiger partial charge in [-0.3, -0.25) is 9.69 Å². The Bertz CT molecular complexity index is 1040. The zero-order valence-corrected chi connectivity index (χ0v) is 18.7. The van der Waals surface area contributed by atoms with Gasteiger partial charge in [-0.15, -0.1) is 0 Å². The van der Waals surface area contributed by atoms with Gasteiger partial charge >= 0.3 is 0 Å². The molecule has 0 unspecified atom stereocenters. The Hall–Kier alpha value is -3.18. The van der Waals surface area contributed by atoms with Gasteiger partial charge in [-0.2, -0.15) is 0 Å². The van der Waals surface area contributed by atoms with Crippen LogP contribution in [0.2, 0.25) is 0 Å². The van der Waals surface area contributed by atoms with Crippen LogP contribution in [-0.2, 0) is 6.54 Å². The molecule has 166 valence electrons. The van der Waals surface area contributed by atoms with Gasteiger partial charge in [-0.05, 0) is 53.9 Å². The summed E-state index contributed by atoms with van der Waals surface area (Å²) in [6.45, 7) is 8.48. The number of hydrogen-bond acceptors (Lipinski definition) is 3. The molecule has 3 aromatic carbocycles. The molecule has 32 heavy (non-hydrogen) atoms. The Kier molecular flexibility index (Phi) is 6.86. The van der Waals surface area contributed by atoms with E-state index in [2.05, 4.69) is 29.0 Å². The van der Waals surface area contributed by atoms with Crippen LogP contribution < -0.4 is 10.2 Å². The van der Waals surface area contributed by atoms with Crippen molar-refractivity contribution in [3.05, 3.63) is 95.3 Å². The van der Waals surface area contributed by atoms with Crippen LogP contribution in [0.3, 0.4) is 0 Å². The van der Waals surface area contributed by atoms with E-state index >= 15 is 0 Å². The number of nitrogens with zero attached hydrogens (tertiary/aromatic N) is 2. The summed E-state index contributed by atoms with van der Waals surface area (Å²) in [6.07, 6.45) is 0. The molecule has 4 nitrogen and oxygen atoms in total. The van der Waals surface area contributed by atoms with Crippen LogP contribution in [0.5, 0.6) is 0 Å². The number of benzene rings is 3. The highest BCUT2D eigenvalue weighted by Crippen LogP contribution is 2.21. The lowest BCUT2D eigenvalue weighted by atomic mass is 10.0. The molecular weight excluding hydrogens is 401 g/mol. The van der Waals surface area contributed by atoms with Gasteiger partial charge in [-0.1, -0.05) is 44.2 Å². The average molecular weight is 432 g/mol. The Morgan fingerprint density at radius 1 is 0.906 bits per heavy atom. The number of carbonyl (C=O) groups is 1. The molecule has 5 heteroatoms. The Morgan fingerprint density at radius 2 is 1.56 bits per heavy atom. The number of hydrogen-bond donors (Lipinski definition) is 1. The summed E-state index contributed by atoms with van der Waals surface area (Å²) >= 11 is 0. The first-order valence-electron chi connectivity index (χ1n) is 11.2. The summed E-state index contributed by atoms with van der Waals surface area (Å²) in [6, 6.07) is 22.7. The number of rotatable bonds is 6. The topological polar surface area (TPSA) is 35.6 Å². The van der Waals surface area contributed by atoms with Gasteiger partial charge in [-0.25, -0.2) is 4.39 Å². The van der Waals surface area contributed by atoms with Crippen molar-refractivity contribution >= 4 is 17.3 Å². The molecule has 1 saturated heterocycles. The predicted molar refractivity (Wildman–Crippen MR) is 129 cm³/mol. The normalized spacial score (nSPS) is 14.6. The third-order valence-electron chi connectivity index (χ3n) is 6.05. The van der Waals surface area contributed by atoms with E-state index in [0.717, 1.165) is 43.1 Å². The van der Waals surface area contributed by atoms with E-state index in [0.29, 0.717) is 18.0 Å². The van der Waals surface area contributed by atoms with E-state index in [1.807, 2.05) is 60.7 Å². The largest absolute Gasteiger partial charge is 0.369 e. The Balaban J connectivity index is 1.30. The number of anilines is 2. The van der Waals surface area contributed by atoms with E-state index in [-0.39, 0.29) is 11.7 Å². The molecule has 3 aromatic rings. The molecule has 1 heterocycles. The van der Waals surface area contributed by atoms with Gasteiger partial charge in [0, 0.05) is 55.2 Å². The maximum atomic E-state index is 13.9. The lowest BCUT2D eigenvalue weighted by Gasteiger charge is -2.36. The first-order chi connectivity index (χ1) is 15.5. The van der Waals surface area contributed by atoms with Crippen LogP contribution in [0, 0.1) is 5.82 Å². The molecule has 0 aliphatic carbocycles. The Morgan fingerprint density at radius 3 is 2.19 bits per heavy atom. The highest BCUT2D eigenvalue weighted by atomic mass is 19.1. The van der Waals surface area contributed by atoms with Crippen molar-refractivity contribution in [1.82, 2.24) is 4.90 Å². The molecule has 0 atom stereocenters. The SMILES string of the molecule is CC(C)c1ccc(C(=O)Nc2ccc(N3CCN(Cc4ccccc4F)CC3)cc2)cc1. The predicted octanol–water partition coefficient (Wildman–Crippen LogP) is 5.52. The minimum Gasteiger partial charge on any atom is -0.369 e. The van der Waals surface area contributed by atoms with Gasteiger partial charge in [0.1, 0.15) is 5.82 Å². The van der Waals surface area contributed by atoms with Crippen LogP contribution in [0.1, 0.15) is 41.3 Å². The van der Waals surface area contributed by atoms with Gasteiger partial charge in [0.25, 0.3) is 5.91 Å². The van der Waals surface area contributed by atoms with Gasteiger partial charge in [0.05, 0.1) is 0 Å². The molecule has 0 saturated carbocycles. The number of halogens is 1. The summed E-state index contributed by atoms with van der Waals surface area (Å²) in [5, 5.41) is 2.98. The van der Waals surface area contributed by atoms with Crippen LogP contribution in [0.25, 0.3) is 0 Å². The molecular formula is C27H30FN3O. The van der Waals surface area contributed by atoms with E-state index in [1.165, 1.54) is 11.6 Å². The van der Waals surface area contributed by atoms with Crippen LogP contribution in [0.4, 0.5) is 15.8 Å². The first kappa shape index (κ1) is 22.0. The summed E-state index contributed by atoms with van der Waals surface area (Å²) in [4.78, 5) is 17.2. The third kappa shape index (κ3) is 5.35. The van der Waals surface area contributed by atoms with E-state index in [4.69, 9.17) is 0 Å². The fraction of sp³-hybridized carbons (Fsp3) is 0.296.